The first-order valence-corrected chi connectivity index (χ1v) is 16.8. The van der Waals surface area contributed by atoms with Crippen LogP contribution in [-0.2, 0) is 0 Å². The molecule has 0 amide bonds. The molecule has 1 heteroatoms. The molecule has 0 fully saturated rings. The molecular formula is C48H35N. The van der Waals surface area contributed by atoms with Gasteiger partial charge in [0.2, 0.25) is 0 Å². The zero-order chi connectivity index (χ0) is 32.8. The Morgan fingerprint density at radius 1 is 0.224 bits per heavy atom. The number of anilines is 3. The highest BCUT2D eigenvalue weighted by molar-refractivity contribution is 5.98. The van der Waals surface area contributed by atoms with Crippen LogP contribution in [0.4, 0.5) is 17.1 Å². The molecule has 0 heterocycles. The highest BCUT2D eigenvalue weighted by Gasteiger charge is 2.20. The maximum absolute atomic E-state index is 2.37. The number of hydrogen-bond donors (Lipinski definition) is 0. The molecule has 0 N–H and O–H groups in total. The van der Waals surface area contributed by atoms with Crippen LogP contribution in [0, 0.1) is 0 Å². The van der Waals surface area contributed by atoms with Gasteiger partial charge in [0.25, 0.3) is 0 Å². The predicted molar refractivity (Wildman–Crippen MR) is 208 cm³/mol. The van der Waals surface area contributed by atoms with Crippen molar-refractivity contribution in [2.45, 2.75) is 0 Å². The zero-order valence-electron chi connectivity index (χ0n) is 27.2. The van der Waals surface area contributed by atoms with Crippen molar-refractivity contribution in [1.82, 2.24) is 0 Å². The third-order valence-corrected chi connectivity index (χ3v) is 9.11. The number of rotatable bonds is 8. The first-order chi connectivity index (χ1) is 24.3. The lowest BCUT2D eigenvalue weighted by Gasteiger charge is -2.28. The van der Waals surface area contributed by atoms with E-state index >= 15 is 0 Å². The second-order valence-electron chi connectivity index (χ2n) is 12.1. The summed E-state index contributed by atoms with van der Waals surface area (Å²) in [6, 6.07) is 76.0. The summed E-state index contributed by atoms with van der Waals surface area (Å²) in [5, 5.41) is 0. The maximum atomic E-state index is 2.37. The van der Waals surface area contributed by atoms with Crippen LogP contribution in [0.2, 0.25) is 0 Å². The molecule has 0 aliphatic carbocycles. The van der Waals surface area contributed by atoms with Gasteiger partial charge in [0.1, 0.15) is 0 Å². The molecule has 8 aromatic rings. The van der Waals surface area contributed by atoms with Crippen molar-refractivity contribution in [1.29, 1.82) is 0 Å². The summed E-state index contributed by atoms with van der Waals surface area (Å²) in [5.74, 6) is 0. The second-order valence-corrected chi connectivity index (χ2v) is 12.1. The van der Waals surface area contributed by atoms with E-state index in [1.807, 2.05) is 0 Å². The molecule has 0 bridgehead atoms. The van der Waals surface area contributed by atoms with Crippen LogP contribution in [0.15, 0.2) is 212 Å². The van der Waals surface area contributed by atoms with Crippen molar-refractivity contribution in [2.24, 2.45) is 0 Å². The topological polar surface area (TPSA) is 3.24 Å². The van der Waals surface area contributed by atoms with Crippen LogP contribution < -0.4 is 4.90 Å². The van der Waals surface area contributed by atoms with E-state index in [4.69, 9.17) is 0 Å². The van der Waals surface area contributed by atoms with Crippen LogP contribution in [0.5, 0.6) is 0 Å². The van der Waals surface area contributed by atoms with Gasteiger partial charge < -0.3 is 4.90 Å². The van der Waals surface area contributed by atoms with Crippen molar-refractivity contribution in [3.05, 3.63) is 212 Å². The number of hydrogen-bond acceptors (Lipinski definition) is 1. The second kappa shape index (κ2) is 13.7. The van der Waals surface area contributed by atoms with Crippen LogP contribution in [0.1, 0.15) is 0 Å². The van der Waals surface area contributed by atoms with E-state index in [9.17, 15) is 0 Å². The first-order valence-electron chi connectivity index (χ1n) is 16.8. The van der Waals surface area contributed by atoms with Gasteiger partial charge in [0.15, 0.2) is 0 Å². The van der Waals surface area contributed by atoms with Crippen LogP contribution in [0.25, 0.3) is 55.6 Å². The van der Waals surface area contributed by atoms with E-state index in [0.29, 0.717) is 0 Å². The summed E-state index contributed by atoms with van der Waals surface area (Å²) in [5.41, 5.74) is 15.3. The summed E-state index contributed by atoms with van der Waals surface area (Å²) in [7, 11) is 0. The molecule has 0 atom stereocenters. The molecule has 0 aliphatic heterocycles. The Labute approximate surface area is 289 Å². The van der Waals surface area contributed by atoms with Crippen molar-refractivity contribution in [3.63, 3.8) is 0 Å². The Bertz CT molecular complexity index is 2290. The minimum Gasteiger partial charge on any atom is -0.310 e. The van der Waals surface area contributed by atoms with Crippen LogP contribution >= 0.6 is 0 Å². The molecule has 8 aromatic carbocycles. The highest BCUT2D eigenvalue weighted by Crippen LogP contribution is 2.46. The van der Waals surface area contributed by atoms with E-state index in [0.717, 1.165) is 17.1 Å². The number of para-hydroxylation sites is 2. The lowest BCUT2D eigenvalue weighted by molar-refractivity contribution is 1.28. The summed E-state index contributed by atoms with van der Waals surface area (Å²) in [6.45, 7) is 0. The Morgan fingerprint density at radius 2 is 0.633 bits per heavy atom. The number of benzene rings is 8. The molecule has 0 radical (unpaired) electrons. The molecule has 49 heavy (non-hydrogen) atoms. The van der Waals surface area contributed by atoms with E-state index in [2.05, 4.69) is 217 Å². The Kier molecular flexibility index (Phi) is 8.39. The summed E-state index contributed by atoms with van der Waals surface area (Å²) in [4.78, 5) is 2.37. The summed E-state index contributed by atoms with van der Waals surface area (Å²) in [6.07, 6.45) is 0. The molecule has 0 aromatic heterocycles. The van der Waals surface area contributed by atoms with E-state index in [1.165, 1.54) is 55.6 Å². The van der Waals surface area contributed by atoms with E-state index < -0.39 is 0 Å². The van der Waals surface area contributed by atoms with Crippen molar-refractivity contribution in [3.8, 4) is 55.6 Å². The molecule has 1 nitrogen and oxygen atoms in total. The fourth-order valence-electron chi connectivity index (χ4n) is 6.73. The van der Waals surface area contributed by atoms with Crippen molar-refractivity contribution < 1.29 is 0 Å². The van der Waals surface area contributed by atoms with Gasteiger partial charge in [-0.1, -0.05) is 176 Å². The molecule has 8 rings (SSSR count). The van der Waals surface area contributed by atoms with Gasteiger partial charge in [-0.3, -0.25) is 0 Å². The van der Waals surface area contributed by atoms with Crippen LogP contribution in [-0.4, -0.2) is 0 Å². The van der Waals surface area contributed by atoms with Gasteiger partial charge in [-0.15, -0.1) is 0 Å². The van der Waals surface area contributed by atoms with Gasteiger partial charge in [0.05, 0.1) is 5.69 Å². The molecule has 232 valence electrons. The first kappa shape index (κ1) is 29.9. The number of nitrogens with zero attached hydrogens (tertiary/aromatic N) is 1. The molecule has 0 unspecified atom stereocenters. The van der Waals surface area contributed by atoms with E-state index in [1.54, 1.807) is 0 Å². The normalized spacial score (nSPS) is 10.9. The van der Waals surface area contributed by atoms with Gasteiger partial charge in [0, 0.05) is 16.9 Å². The fourth-order valence-corrected chi connectivity index (χ4v) is 6.73. The third kappa shape index (κ3) is 6.18. The van der Waals surface area contributed by atoms with Crippen molar-refractivity contribution >= 4 is 17.1 Å². The monoisotopic (exact) mass is 625 g/mol. The van der Waals surface area contributed by atoms with Gasteiger partial charge in [-0.2, -0.15) is 0 Å². The Balaban J connectivity index is 1.31. The Morgan fingerprint density at radius 3 is 1.24 bits per heavy atom. The third-order valence-electron chi connectivity index (χ3n) is 9.11. The predicted octanol–water partition coefficient (Wildman–Crippen LogP) is 13.5. The minimum absolute atomic E-state index is 1.10. The molecular weight excluding hydrogens is 591 g/mol. The van der Waals surface area contributed by atoms with Crippen LogP contribution in [0.3, 0.4) is 0 Å². The average molecular weight is 626 g/mol. The quantitative estimate of drug-likeness (QED) is 0.162. The molecule has 0 aliphatic rings. The maximum Gasteiger partial charge on any atom is 0.0540 e. The van der Waals surface area contributed by atoms with E-state index in [-0.39, 0.29) is 0 Å². The standard InChI is InChI=1S/C48H35N/c1-5-17-36(18-6-1)38-29-32-42(33-30-38)49(41-23-11-4-12-24-41)48-28-16-15-27-46(48)44-25-13-14-26-45(44)47-35-40(37-19-7-2-8-20-37)31-34-43(47)39-21-9-3-10-22-39/h1-35H. The molecule has 0 saturated heterocycles. The van der Waals surface area contributed by atoms with Crippen molar-refractivity contribution in [2.75, 3.05) is 4.90 Å². The fraction of sp³-hybridized carbons (Fsp3) is 0. The lowest BCUT2D eigenvalue weighted by Crippen LogP contribution is -2.11. The summed E-state index contributed by atoms with van der Waals surface area (Å²) < 4.78 is 0. The van der Waals surface area contributed by atoms with Gasteiger partial charge in [-0.05, 0) is 86.5 Å². The van der Waals surface area contributed by atoms with Gasteiger partial charge >= 0.3 is 0 Å². The Hall–Kier alpha value is -6.44. The van der Waals surface area contributed by atoms with Gasteiger partial charge in [-0.25, -0.2) is 0 Å². The summed E-state index contributed by atoms with van der Waals surface area (Å²) >= 11 is 0. The average Bonchev–Trinajstić information content (AvgIpc) is 3.20. The minimum atomic E-state index is 1.10. The zero-order valence-corrected chi connectivity index (χ0v) is 27.2. The lowest BCUT2D eigenvalue weighted by atomic mass is 9.87. The highest BCUT2D eigenvalue weighted by atomic mass is 15.1. The smallest absolute Gasteiger partial charge is 0.0540 e. The SMILES string of the molecule is c1ccc(-c2ccc(N(c3ccccc3)c3ccccc3-c3ccccc3-c3cc(-c4ccccc4)ccc3-c3ccccc3)cc2)cc1. The molecule has 0 spiro atoms. The largest absolute Gasteiger partial charge is 0.310 e. The molecule has 0 saturated carbocycles.